The standard InChI is InChI=1S/C32H33Cl2N3O6/c1-31(2,3)41-29(39)36-19-26(28(38)37(30(40)42-32(4,5)6)18-20-10-8-7-9-11-20)25-13-12-23(17-27(25)36)35-43-24-15-21(33)14-22(34)16-24/h7-17,19,35H,18H2,1-6H3. The predicted molar refractivity (Wildman–Crippen MR) is 167 cm³/mol. The van der Waals surface area contributed by atoms with Gasteiger partial charge in [0.25, 0.3) is 5.91 Å². The van der Waals surface area contributed by atoms with Gasteiger partial charge in [0, 0.05) is 33.8 Å². The van der Waals surface area contributed by atoms with E-state index in [2.05, 4.69) is 5.48 Å². The van der Waals surface area contributed by atoms with Crippen LogP contribution in [0.1, 0.15) is 57.5 Å². The first-order chi connectivity index (χ1) is 20.1. The number of nitrogens with zero attached hydrogens (tertiary/aromatic N) is 2. The summed E-state index contributed by atoms with van der Waals surface area (Å²) in [5, 5.41) is 1.20. The van der Waals surface area contributed by atoms with Crippen molar-refractivity contribution in [3.05, 3.63) is 94.1 Å². The number of fused-ring (bicyclic) bond motifs is 1. The zero-order chi connectivity index (χ0) is 31.5. The summed E-state index contributed by atoms with van der Waals surface area (Å²) < 4.78 is 12.4. The van der Waals surface area contributed by atoms with Gasteiger partial charge in [-0.1, -0.05) is 53.5 Å². The first kappa shape index (κ1) is 31.7. The van der Waals surface area contributed by atoms with Crippen molar-refractivity contribution in [2.24, 2.45) is 0 Å². The van der Waals surface area contributed by atoms with E-state index in [1.807, 2.05) is 18.2 Å². The molecule has 0 aliphatic rings. The second-order valence-corrected chi connectivity index (χ2v) is 12.7. The molecule has 2 amide bonds. The number of halogens is 2. The smallest absolute Gasteiger partial charge is 0.419 e. The van der Waals surface area contributed by atoms with Crippen molar-refractivity contribution in [2.75, 3.05) is 5.48 Å². The first-order valence-electron chi connectivity index (χ1n) is 13.5. The molecule has 0 saturated carbocycles. The molecular weight excluding hydrogens is 593 g/mol. The molecule has 4 rings (SSSR count). The summed E-state index contributed by atoms with van der Waals surface area (Å²) >= 11 is 12.1. The van der Waals surface area contributed by atoms with Crippen LogP contribution < -0.4 is 10.3 Å². The number of anilines is 1. The van der Waals surface area contributed by atoms with Crippen LogP contribution in [-0.4, -0.2) is 38.8 Å². The molecule has 1 N–H and O–H groups in total. The number of carbonyl (C=O) groups excluding carboxylic acids is 3. The molecule has 11 heteroatoms. The van der Waals surface area contributed by atoms with Crippen molar-refractivity contribution in [1.29, 1.82) is 0 Å². The highest BCUT2D eigenvalue weighted by Crippen LogP contribution is 2.29. The van der Waals surface area contributed by atoms with E-state index in [1.165, 1.54) is 10.8 Å². The zero-order valence-corrected chi connectivity index (χ0v) is 26.2. The van der Waals surface area contributed by atoms with Gasteiger partial charge in [-0.25, -0.2) is 20.0 Å². The van der Waals surface area contributed by atoms with E-state index in [1.54, 1.807) is 90.1 Å². The van der Waals surface area contributed by atoms with Crippen molar-refractivity contribution in [3.63, 3.8) is 0 Å². The average molecular weight is 627 g/mol. The van der Waals surface area contributed by atoms with Crippen LogP contribution >= 0.6 is 23.2 Å². The molecule has 0 aliphatic heterocycles. The van der Waals surface area contributed by atoms with Crippen LogP contribution in [0.4, 0.5) is 15.3 Å². The summed E-state index contributed by atoms with van der Waals surface area (Å²) in [4.78, 5) is 47.3. The summed E-state index contributed by atoms with van der Waals surface area (Å²) in [5.74, 6) is -0.277. The van der Waals surface area contributed by atoms with Crippen LogP contribution in [0.5, 0.6) is 5.75 Å². The van der Waals surface area contributed by atoms with Crippen LogP contribution in [0.2, 0.25) is 10.0 Å². The number of carbonyl (C=O) groups is 3. The number of ether oxygens (including phenoxy) is 2. The molecule has 226 valence electrons. The zero-order valence-electron chi connectivity index (χ0n) is 24.7. The largest absolute Gasteiger partial charge is 0.443 e. The Balaban J connectivity index is 1.76. The molecule has 1 aromatic heterocycles. The van der Waals surface area contributed by atoms with Crippen molar-refractivity contribution in [3.8, 4) is 5.75 Å². The Morgan fingerprint density at radius 2 is 1.47 bits per heavy atom. The SMILES string of the molecule is CC(C)(C)OC(=O)N(Cc1ccccc1)C(=O)c1cn(C(=O)OC(C)(C)C)c2cc(NOc3cc(Cl)cc(Cl)c3)ccc12. The van der Waals surface area contributed by atoms with Gasteiger partial charge in [0.2, 0.25) is 0 Å². The summed E-state index contributed by atoms with van der Waals surface area (Å²) in [6.07, 6.45) is -0.153. The number of hydrogen-bond acceptors (Lipinski definition) is 7. The second kappa shape index (κ2) is 12.6. The Morgan fingerprint density at radius 3 is 2.07 bits per heavy atom. The molecule has 1 heterocycles. The Morgan fingerprint density at radius 1 is 0.837 bits per heavy atom. The third-order valence-electron chi connectivity index (χ3n) is 5.79. The fourth-order valence-electron chi connectivity index (χ4n) is 4.08. The fraction of sp³-hybridized carbons (Fsp3) is 0.281. The quantitative estimate of drug-likeness (QED) is 0.214. The normalized spacial score (nSPS) is 11.6. The molecule has 0 aliphatic carbocycles. The van der Waals surface area contributed by atoms with E-state index in [4.69, 9.17) is 37.5 Å². The van der Waals surface area contributed by atoms with E-state index in [-0.39, 0.29) is 12.1 Å². The van der Waals surface area contributed by atoms with Crippen LogP contribution in [0.3, 0.4) is 0 Å². The minimum Gasteiger partial charge on any atom is -0.443 e. The lowest BCUT2D eigenvalue weighted by molar-refractivity contribution is 0.0227. The van der Waals surface area contributed by atoms with E-state index < -0.39 is 29.3 Å². The Kier molecular flexibility index (Phi) is 9.27. The summed E-state index contributed by atoms with van der Waals surface area (Å²) in [6, 6.07) is 18.8. The lowest BCUT2D eigenvalue weighted by atomic mass is 10.1. The number of aromatic nitrogens is 1. The van der Waals surface area contributed by atoms with E-state index >= 15 is 0 Å². The molecule has 0 saturated heterocycles. The van der Waals surface area contributed by atoms with Crippen molar-refractivity contribution >= 4 is 57.9 Å². The summed E-state index contributed by atoms with van der Waals surface area (Å²) in [5.41, 5.74) is 2.79. The van der Waals surface area contributed by atoms with Crippen LogP contribution in [0.15, 0.2) is 72.9 Å². The van der Waals surface area contributed by atoms with Gasteiger partial charge in [-0.2, -0.15) is 0 Å². The topological polar surface area (TPSA) is 99.1 Å². The van der Waals surface area contributed by atoms with Gasteiger partial charge in [-0.05, 0) is 71.4 Å². The van der Waals surface area contributed by atoms with E-state index in [0.29, 0.717) is 32.4 Å². The predicted octanol–water partition coefficient (Wildman–Crippen LogP) is 8.71. The number of rotatable bonds is 6. The first-order valence-corrected chi connectivity index (χ1v) is 14.2. The fourth-order valence-corrected chi connectivity index (χ4v) is 4.58. The molecule has 0 atom stereocenters. The third-order valence-corrected chi connectivity index (χ3v) is 6.23. The number of imide groups is 1. The number of benzene rings is 3. The minimum absolute atomic E-state index is 0.0383. The molecule has 0 unspecified atom stereocenters. The Labute approximate surface area is 260 Å². The molecule has 0 radical (unpaired) electrons. The van der Waals surface area contributed by atoms with E-state index in [9.17, 15) is 14.4 Å². The molecule has 3 aromatic carbocycles. The van der Waals surface area contributed by atoms with Crippen LogP contribution in [0, 0.1) is 0 Å². The van der Waals surface area contributed by atoms with Crippen molar-refractivity contribution < 1.29 is 28.7 Å². The maximum atomic E-state index is 14.1. The van der Waals surface area contributed by atoms with E-state index in [0.717, 1.165) is 10.5 Å². The summed E-state index contributed by atoms with van der Waals surface area (Å²) in [6.45, 7) is 10.3. The lowest BCUT2D eigenvalue weighted by Crippen LogP contribution is -2.40. The highest BCUT2D eigenvalue weighted by Gasteiger charge is 2.31. The van der Waals surface area contributed by atoms with Gasteiger partial charge in [-0.3, -0.25) is 9.36 Å². The maximum Gasteiger partial charge on any atom is 0.419 e. The third kappa shape index (κ3) is 8.43. The highest BCUT2D eigenvalue weighted by atomic mass is 35.5. The molecule has 0 spiro atoms. The molecule has 0 fully saturated rings. The van der Waals surface area contributed by atoms with Crippen LogP contribution in [-0.2, 0) is 16.0 Å². The lowest BCUT2D eigenvalue weighted by Gasteiger charge is -2.26. The number of hydrogen-bond donors (Lipinski definition) is 1. The van der Waals surface area contributed by atoms with Gasteiger partial charge in [0.1, 0.15) is 11.2 Å². The van der Waals surface area contributed by atoms with Gasteiger partial charge in [0.05, 0.1) is 23.3 Å². The maximum absolute atomic E-state index is 14.1. The Bertz CT molecular complexity index is 1640. The van der Waals surface area contributed by atoms with Gasteiger partial charge >= 0.3 is 12.2 Å². The molecule has 43 heavy (non-hydrogen) atoms. The van der Waals surface area contributed by atoms with Gasteiger partial charge in [0.15, 0.2) is 5.75 Å². The highest BCUT2D eigenvalue weighted by molar-refractivity contribution is 6.34. The number of nitrogens with one attached hydrogen (secondary N) is 1. The monoisotopic (exact) mass is 625 g/mol. The molecule has 0 bridgehead atoms. The molecule has 4 aromatic rings. The van der Waals surface area contributed by atoms with Crippen LogP contribution in [0.25, 0.3) is 10.9 Å². The minimum atomic E-state index is -0.843. The summed E-state index contributed by atoms with van der Waals surface area (Å²) in [7, 11) is 0. The number of amides is 2. The average Bonchev–Trinajstić information content (AvgIpc) is 3.27. The molecule has 9 nitrogen and oxygen atoms in total. The van der Waals surface area contributed by atoms with Crippen molar-refractivity contribution in [2.45, 2.75) is 59.3 Å². The van der Waals surface area contributed by atoms with Gasteiger partial charge < -0.3 is 14.3 Å². The Hall–Kier alpha value is -4.21. The molecular formula is C32H33Cl2N3O6. The second-order valence-electron chi connectivity index (χ2n) is 11.8. The van der Waals surface area contributed by atoms with Crippen molar-refractivity contribution in [1.82, 2.24) is 9.47 Å². The van der Waals surface area contributed by atoms with Gasteiger partial charge in [-0.15, -0.1) is 0 Å².